The molecule has 0 aliphatic heterocycles. The van der Waals surface area contributed by atoms with E-state index < -0.39 is 10.0 Å². The molecule has 0 unspecified atom stereocenters. The number of nitrogens with one attached hydrogen (secondary N) is 1. The molecular weight excluding hydrogens is 443 g/mol. The Morgan fingerprint density at radius 3 is 2.54 bits per heavy atom. The van der Waals surface area contributed by atoms with Crippen molar-refractivity contribution in [2.75, 3.05) is 12.8 Å². The quantitative estimate of drug-likeness (QED) is 0.309. The first-order chi connectivity index (χ1) is 11.4. The van der Waals surface area contributed by atoms with Gasteiger partial charge in [-0.1, -0.05) is 5.92 Å². The summed E-state index contributed by atoms with van der Waals surface area (Å²) in [5.74, 6) is 2.44. The van der Waals surface area contributed by atoms with Crippen LogP contribution in [0.25, 0.3) is 0 Å². The summed E-state index contributed by atoms with van der Waals surface area (Å²) >= 11 is 1.90. The van der Waals surface area contributed by atoms with E-state index in [1.54, 1.807) is 6.07 Å². The zero-order valence-electron chi connectivity index (χ0n) is 13.2. The van der Waals surface area contributed by atoms with E-state index in [4.69, 9.17) is 10.5 Å². The number of halogens is 1. The van der Waals surface area contributed by atoms with Crippen LogP contribution in [0.15, 0.2) is 23.1 Å². The monoisotopic (exact) mass is 462 g/mol. The molecule has 0 amide bonds. The third-order valence-corrected chi connectivity index (χ3v) is 5.89. The molecule has 1 aromatic carbocycles. The molecule has 0 atom stereocenters. The maximum absolute atomic E-state index is 12.5. The molecule has 3 N–H and O–H groups in total. The van der Waals surface area contributed by atoms with Gasteiger partial charge in [-0.2, -0.15) is 0 Å². The summed E-state index contributed by atoms with van der Waals surface area (Å²) in [4.78, 5) is 11.6. The smallest absolute Gasteiger partial charge is 0.308 e. The number of carbonyl (C=O) groups is 1. The average Bonchev–Trinajstić information content (AvgIpc) is 2.56. The van der Waals surface area contributed by atoms with Crippen molar-refractivity contribution < 1.29 is 17.9 Å². The normalized spacial score (nSPS) is 20.8. The second-order valence-corrected chi connectivity index (χ2v) is 7.91. The molecule has 0 bridgehead atoms. The van der Waals surface area contributed by atoms with E-state index in [-0.39, 0.29) is 22.8 Å². The number of rotatable bonds is 4. The number of methoxy groups -OCH3 is 1. The van der Waals surface area contributed by atoms with Gasteiger partial charge in [0, 0.05) is 39.9 Å². The highest BCUT2D eigenvalue weighted by Gasteiger charge is 2.29. The van der Waals surface area contributed by atoms with Gasteiger partial charge in [-0.05, 0) is 47.8 Å². The Hall–Kier alpha value is -1.31. The van der Waals surface area contributed by atoms with Crippen molar-refractivity contribution >= 4 is 44.3 Å². The lowest BCUT2D eigenvalue weighted by Crippen LogP contribution is -2.38. The minimum absolute atomic E-state index is 0.120. The van der Waals surface area contributed by atoms with E-state index in [0.717, 1.165) is 0 Å². The largest absolute Gasteiger partial charge is 0.469 e. The van der Waals surface area contributed by atoms with Crippen molar-refractivity contribution in [2.24, 2.45) is 5.92 Å². The minimum Gasteiger partial charge on any atom is -0.469 e. The fraction of sp³-hybridized carbons (Fsp3) is 0.438. The Morgan fingerprint density at radius 2 is 2.00 bits per heavy atom. The number of esters is 1. The summed E-state index contributed by atoms with van der Waals surface area (Å²) in [5, 5.41) is 0. The van der Waals surface area contributed by atoms with Crippen LogP contribution in [-0.4, -0.2) is 27.5 Å². The summed E-state index contributed by atoms with van der Waals surface area (Å²) in [6.07, 6.45) is 2.44. The van der Waals surface area contributed by atoms with E-state index in [9.17, 15) is 13.2 Å². The first-order valence-electron chi connectivity index (χ1n) is 7.48. The number of nitrogens with two attached hydrogens (primary N) is 1. The van der Waals surface area contributed by atoms with Crippen molar-refractivity contribution in [1.82, 2.24) is 4.72 Å². The van der Waals surface area contributed by atoms with Gasteiger partial charge in [0.25, 0.3) is 0 Å². The fourth-order valence-corrected chi connectivity index (χ4v) is 4.40. The Balaban J connectivity index is 2.05. The molecular formula is C16H19IN2O4S. The molecule has 6 nitrogen and oxygen atoms in total. The van der Waals surface area contributed by atoms with Crippen LogP contribution < -0.4 is 10.5 Å². The van der Waals surface area contributed by atoms with Crippen LogP contribution in [0.3, 0.4) is 0 Å². The van der Waals surface area contributed by atoms with Gasteiger partial charge >= 0.3 is 5.97 Å². The molecule has 0 aromatic heterocycles. The maximum atomic E-state index is 12.5. The van der Waals surface area contributed by atoms with Crippen LogP contribution in [0.4, 0.5) is 5.69 Å². The van der Waals surface area contributed by atoms with Crippen LogP contribution in [0.5, 0.6) is 0 Å². The number of nitrogen functional groups attached to an aromatic ring is 1. The fourth-order valence-electron chi connectivity index (χ4n) is 2.77. The number of hydrogen-bond acceptors (Lipinski definition) is 5. The summed E-state index contributed by atoms with van der Waals surface area (Å²) in [6, 6.07) is 4.32. The lowest BCUT2D eigenvalue weighted by Gasteiger charge is -2.27. The number of sulfonamides is 1. The topological polar surface area (TPSA) is 98.5 Å². The van der Waals surface area contributed by atoms with Crippen LogP contribution in [-0.2, 0) is 19.6 Å². The second-order valence-electron chi connectivity index (χ2n) is 5.66. The molecule has 0 spiro atoms. The maximum Gasteiger partial charge on any atom is 0.308 e. The molecule has 0 saturated heterocycles. The third kappa shape index (κ3) is 4.62. The summed E-state index contributed by atoms with van der Waals surface area (Å²) in [5.41, 5.74) is 6.78. The van der Waals surface area contributed by atoms with Gasteiger partial charge in [0.05, 0.1) is 17.9 Å². The van der Waals surface area contributed by atoms with Crippen LogP contribution in [0, 0.1) is 15.8 Å². The Labute approximate surface area is 155 Å². The van der Waals surface area contributed by atoms with Crippen molar-refractivity contribution in [3.05, 3.63) is 23.8 Å². The number of benzene rings is 1. The van der Waals surface area contributed by atoms with E-state index in [1.165, 1.54) is 19.2 Å². The molecule has 0 radical (unpaired) electrons. The zero-order chi connectivity index (χ0) is 17.7. The number of ether oxygens (including phenoxy) is 1. The van der Waals surface area contributed by atoms with Crippen molar-refractivity contribution in [3.63, 3.8) is 0 Å². The van der Waals surface area contributed by atoms with Crippen LogP contribution in [0.1, 0.15) is 31.2 Å². The standard InChI is InChI=1S/C16H19IN2O4S/c1-23-16(20)12-2-5-13(6-3-12)19-24(21,22)14-7-4-11(8-9-17)15(18)10-14/h4,7,10,12-13,19H,2-3,5-6,18H2,1H3/t12-,13-. The van der Waals surface area contributed by atoms with Gasteiger partial charge in [0.2, 0.25) is 10.0 Å². The molecule has 0 heterocycles. The molecule has 1 aliphatic carbocycles. The first-order valence-corrected chi connectivity index (χ1v) is 10.0. The average molecular weight is 462 g/mol. The predicted molar refractivity (Wildman–Crippen MR) is 99.8 cm³/mol. The van der Waals surface area contributed by atoms with Gasteiger partial charge in [-0.25, -0.2) is 13.1 Å². The molecule has 1 saturated carbocycles. The highest BCUT2D eigenvalue weighted by atomic mass is 127. The molecule has 130 valence electrons. The van der Waals surface area contributed by atoms with Crippen molar-refractivity contribution in [1.29, 1.82) is 0 Å². The van der Waals surface area contributed by atoms with Gasteiger partial charge < -0.3 is 10.5 Å². The molecule has 2 rings (SSSR count). The third-order valence-electron chi connectivity index (χ3n) is 4.10. The Morgan fingerprint density at radius 1 is 1.33 bits per heavy atom. The van der Waals surface area contributed by atoms with Crippen LogP contribution in [0.2, 0.25) is 0 Å². The summed E-state index contributed by atoms with van der Waals surface area (Å²) in [7, 11) is -2.28. The summed E-state index contributed by atoms with van der Waals surface area (Å²) < 4.78 is 35.1. The van der Waals surface area contributed by atoms with Crippen LogP contribution >= 0.6 is 22.6 Å². The summed E-state index contributed by atoms with van der Waals surface area (Å²) in [6.45, 7) is 0. The predicted octanol–water partition coefficient (Wildman–Crippen LogP) is 2.02. The van der Waals surface area contributed by atoms with Gasteiger partial charge in [-0.15, -0.1) is 0 Å². The van der Waals surface area contributed by atoms with E-state index in [0.29, 0.717) is 36.9 Å². The molecule has 8 heteroatoms. The first kappa shape index (κ1) is 19.0. The SMILES string of the molecule is COC(=O)[C@H]1CC[C@H](NS(=O)(=O)c2ccc(C#CI)c(N)c2)CC1. The highest BCUT2D eigenvalue weighted by molar-refractivity contribution is 14.1. The van der Waals surface area contributed by atoms with Gasteiger partial charge in [-0.3, -0.25) is 4.79 Å². The molecule has 24 heavy (non-hydrogen) atoms. The second kappa shape index (κ2) is 8.18. The number of hydrogen-bond donors (Lipinski definition) is 2. The van der Waals surface area contributed by atoms with Gasteiger partial charge in [0.15, 0.2) is 0 Å². The lowest BCUT2D eigenvalue weighted by molar-refractivity contribution is -0.146. The van der Waals surface area contributed by atoms with Crippen molar-refractivity contribution in [3.8, 4) is 9.85 Å². The van der Waals surface area contributed by atoms with Crippen molar-refractivity contribution in [2.45, 2.75) is 36.6 Å². The van der Waals surface area contributed by atoms with E-state index in [1.807, 2.05) is 22.6 Å². The van der Waals surface area contributed by atoms with E-state index >= 15 is 0 Å². The Bertz CT molecular complexity index is 775. The van der Waals surface area contributed by atoms with E-state index in [2.05, 4.69) is 14.6 Å². The van der Waals surface area contributed by atoms with Gasteiger partial charge in [0.1, 0.15) is 0 Å². The molecule has 1 fully saturated rings. The molecule has 1 aromatic rings. The number of anilines is 1. The molecule has 1 aliphatic rings. The lowest BCUT2D eigenvalue weighted by atomic mass is 9.86. The highest BCUT2D eigenvalue weighted by Crippen LogP contribution is 2.27. The Kier molecular flexibility index (Phi) is 6.48. The number of carbonyl (C=O) groups excluding carboxylic acids is 1. The minimum atomic E-state index is -3.65. The zero-order valence-corrected chi connectivity index (χ0v) is 16.2.